The molecule has 0 spiro atoms. The highest BCUT2D eigenvalue weighted by molar-refractivity contribution is 6.36. The molecule has 200 valence electrons. The Bertz CT molecular complexity index is 1190. The third-order valence-corrected chi connectivity index (χ3v) is 7.70. The van der Waals surface area contributed by atoms with Crippen molar-refractivity contribution in [1.29, 1.82) is 0 Å². The number of rotatable bonds is 10. The molecule has 2 amide bonds. The Hall–Kier alpha value is -3.02. The number of halogens is 2. The van der Waals surface area contributed by atoms with E-state index in [1.807, 2.05) is 61.5 Å². The summed E-state index contributed by atoms with van der Waals surface area (Å²) in [5.74, 6) is 0.0971. The van der Waals surface area contributed by atoms with E-state index in [4.69, 9.17) is 27.9 Å². The first kappa shape index (κ1) is 28.0. The van der Waals surface area contributed by atoms with Crippen LogP contribution < -0.4 is 10.1 Å². The number of hydrogen-bond donors (Lipinski definition) is 1. The van der Waals surface area contributed by atoms with Crippen LogP contribution in [0.15, 0.2) is 72.8 Å². The van der Waals surface area contributed by atoms with E-state index < -0.39 is 6.04 Å². The molecule has 7 heteroatoms. The molecule has 0 aromatic heterocycles. The maximum atomic E-state index is 13.8. The molecule has 0 heterocycles. The van der Waals surface area contributed by atoms with E-state index in [0.29, 0.717) is 27.8 Å². The van der Waals surface area contributed by atoms with Crippen molar-refractivity contribution in [2.24, 2.45) is 0 Å². The van der Waals surface area contributed by atoms with Crippen molar-refractivity contribution in [3.8, 4) is 5.75 Å². The van der Waals surface area contributed by atoms with Gasteiger partial charge in [-0.2, -0.15) is 0 Å². The lowest BCUT2D eigenvalue weighted by Crippen LogP contribution is -2.53. The first-order chi connectivity index (χ1) is 18.4. The zero-order valence-corrected chi connectivity index (χ0v) is 23.2. The van der Waals surface area contributed by atoms with Crippen LogP contribution in [-0.2, 0) is 22.6 Å². The van der Waals surface area contributed by atoms with Crippen LogP contribution in [0.25, 0.3) is 0 Å². The van der Waals surface area contributed by atoms with E-state index in [1.54, 1.807) is 23.1 Å². The molecule has 3 aromatic rings. The molecule has 1 fully saturated rings. The Morgan fingerprint density at radius 3 is 2.24 bits per heavy atom. The molecule has 0 radical (unpaired) electrons. The smallest absolute Gasteiger partial charge is 0.261 e. The van der Waals surface area contributed by atoms with E-state index in [1.165, 1.54) is 6.42 Å². The van der Waals surface area contributed by atoms with Crippen LogP contribution >= 0.6 is 23.2 Å². The molecule has 5 nitrogen and oxygen atoms in total. The number of benzene rings is 3. The standard InChI is InChI=1S/C31H34Cl2N2O3/c1-22-15-17-25(18-16-22)38-21-30(36)35(20-26-27(32)13-8-14-28(26)33)29(19-23-9-4-2-5-10-23)31(37)34-24-11-6-3-7-12-24/h2,4-5,8-10,13-18,24,29H,3,6-7,11-12,19-21H2,1H3,(H,34,37). The summed E-state index contributed by atoms with van der Waals surface area (Å²) in [5.41, 5.74) is 2.66. The predicted octanol–water partition coefficient (Wildman–Crippen LogP) is 6.77. The second-order valence-electron chi connectivity index (χ2n) is 9.87. The fourth-order valence-electron chi connectivity index (χ4n) is 4.81. The number of hydrogen-bond acceptors (Lipinski definition) is 3. The lowest BCUT2D eigenvalue weighted by molar-refractivity contribution is -0.143. The summed E-state index contributed by atoms with van der Waals surface area (Å²) in [5, 5.41) is 4.12. The van der Waals surface area contributed by atoms with E-state index >= 15 is 0 Å². The molecule has 1 unspecified atom stereocenters. The van der Waals surface area contributed by atoms with Crippen molar-refractivity contribution >= 4 is 35.0 Å². The second-order valence-corrected chi connectivity index (χ2v) is 10.7. The SMILES string of the molecule is Cc1ccc(OCC(=O)N(Cc2c(Cl)cccc2Cl)C(Cc2ccccc2)C(=O)NC2CCCCC2)cc1. The molecule has 38 heavy (non-hydrogen) atoms. The minimum absolute atomic E-state index is 0.0875. The van der Waals surface area contributed by atoms with Gasteiger partial charge in [0.15, 0.2) is 6.61 Å². The Morgan fingerprint density at radius 2 is 1.58 bits per heavy atom. The molecule has 1 atom stereocenters. The number of nitrogens with zero attached hydrogens (tertiary/aromatic N) is 1. The summed E-state index contributed by atoms with van der Waals surface area (Å²) in [6.45, 7) is 1.86. The minimum Gasteiger partial charge on any atom is -0.484 e. The third-order valence-electron chi connectivity index (χ3n) is 7.00. The number of amides is 2. The highest BCUT2D eigenvalue weighted by Crippen LogP contribution is 2.28. The van der Waals surface area contributed by atoms with Gasteiger partial charge in [0, 0.05) is 34.6 Å². The molecule has 1 aliphatic rings. The van der Waals surface area contributed by atoms with Gasteiger partial charge in [0.25, 0.3) is 5.91 Å². The second kappa shape index (κ2) is 13.7. The minimum atomic E-state index is -0.763. The summed E-state index contributed by atoms with van der Waals surface area (Å²) in [6.07, 6.45) is 5.63. The van der Waals surface area contributed by atoms with Crippen LogP contribution in [0, 0.1) is 6.92 Å². The molecule has 3 aromatic carbocycles. The number of ether oxygens (including phenoxy) is 1. The van der Waals surface area contributed by atoms with Crippen LogP contribution in [0.1, 0.15) is 48.8 Å². The topological polar surface area (TPSA) is 58.6 Å². The Morgan fingerprint density at radius 1 is 0.921 bits per heavy atom. The summed E-state index contributed by atoms with van der Waals surface area (Å²) in [7, 11) is 0. The lowest BCUT2D eigenvalue weighted by atomic mass is 9.94. The summed E-state index contributed by atoms with van der Waals surface area (Å²) in [4.78, 5) is 29.2. The van der Waals surface area contributed by atoms with Crippen molar-refractivity contribution in [1.82, 2.24) is 10.2 Å². The quantitative estimate of drug-likeness (QED) is 0.302. The van der Waals surface area contributed by atoms with Gasteiger partial charge in [-0.25, -0.2) is 0 Å². The van der Waals surface area contributed by atoms with Gasteiger partial charge in [-0.05, 0) is 49.6 Å². The number of nitrogens with one attached hydrogen (secondary N) is 1. The highest BCUT2D eigenvalue weighted by atomic mass is 35.5. The van der Waals surface area contributed by atoms with Gasteiger partial charge in [0.1, 0.15) is 11.8 Å². The van der Waals surface area contributed by atoms with Gasteiger partial charge in [-0.15, -0.1) is 0 Å². The average Bonchev–Trinajstić information content (AvgIpc) is 2.92. The molecule has 4 rings (SSSR count). The Labute approximate surface area is 235 Å². The van der Waals surface area contributed by atoms with Crippen molar-refractivity contribution in [2.75, 3.05) is 6.61 Å². The van der Waals surface area contributed by atoms with Crippen molar-refractivity contribution in [3.05, 3.63) is 99.5 Å². The van der Waals surface area contributed by atoms with Crippen LogP contribution in [0.4, 0.5) is 0 Å². The summed E-state index contributed by atoms with van der Waals surface area (Å²) < 4.78 is 5.84. The summed E-state index contributed by atoms with van der Waals surface area (Å²) >= 11 is 13.0. The normalized spacial score (nSPS) is 14.5. The largest absolute Gasteiger partial charge is 0.484 e. The number of aryl methyl sites for hydroxylation is 1. The van der Waals surface area contributed by atoms with E-state index in [2.05, 4.69) is 5.32 Å². The zero-order chi connectivity index (χ0) is 26.9. The molecular formula is C31H34Cl2N2O3. The first-order valence-electron chi connectivity index (χ1n) is 13.2. The van der Waals surface area contributed by atoms with Crippen molar-refractivity contribution < 1.29 is 14.3 Å². The Kier molecular flexibility index (Phi) is 10.1. The molecular weight excluding hydrogens is 519 g/mol. The molecule has 0 aliphatic heterocycles. The average molecular weight is 554 g/mol. The Balaban J connectivity index is 1.64. The van der Waals surface area contributed by atoms with Crippen LogP contribution in [-0.4, -0.2) is 35.4 Å². The monoisotopic (exact) mass is 552 g/mol. The van der Waals surface area contributed by atoms with Gasteiger partial charge in [-0.1, -0.05) is 96.6 Å². The van der Waals surface area contributed by atoms with Crippen LogP contribution in [0.5, 0.6) is 5.75 Å². The van der Waals surface area contributed by atoms with E-state index in [0.717, 1.165) is 36.8 Å². The summed E-state index contributed by atoms with van der Waals surface area (Å²) in [6, 6.07) is 21.8. The molecule has 1 N–H and O–H groups in total. The zero-order valence-electron chi connectivity index (χ0n) is 21.7. The van der Waals surface area contributed by atoms with Crippen LogP contribution in [0.3, 0.4) is 0 Å². The van der Waals surface area contributed by atoms with Crippen molar-refractivity contribution in [3.63, 3.8) is 0 Å². The lowest BCUT2D eigenvalue weighted by Gasteiger charge is -2.33. The molecule has 1 aliphatic carbocycles. The third kappa shape index (κ3) is 7.75. The fraction of sp³-hybridized carbons (Fsp3) is 0.355. The van der Waals surface area contributed by atoms with Gasteiger partial charge < -0.3 is 15.0 Å². The fourth-order valence-corrected chi connectivity index (χ4v) is 5.33. The first-order valence-corrected chi connectivity index (χ1v) is 13.9. The molecule has 1 saturated carbocycles. The number of carbonyl (C=O) groups excluding carboxylic acids is 2. The van der Waals surface area contributed by atoms with E-state index in [9.17, 15) is 9.59 Å². The molecule has 0 saturated heterocycles. The van der Waals surface area contributed by atoms with Gasteiger partial charge in [0.2, 0.25) is 5.91 Å². The highest BCUT2D eigenvalue weighted by Gasteiger charge is 2.33. The van der Waals surface area contributed by atoms with Crippen molar-refractivity contribution in [2.45, 2.75) is 64.1 Å². The van der Waals surface area contributed by atoms with Crippen LogP contribution in [0.2, 0.25) is 10.0 Å². The van der Waals surface area contributed by atoms with Gasteiger partial charge in [-0.3, -0.25) is 9.59 Å². The maximum Gasteiger partial charge on any atom is 0.261 e. The van der Waals surface area contributed by atoms with Gasteiger partial charge >= 0.3 is 0 Å². The molecule has 0 bridgehead atoms. The van der Waals surface area contributed by atoms with E-state index in [-0.39, 0.29) is 31.0 Å². The maximum absolute atomic E-state index is 13.8. The number of carbonyl (C=O) groups is 2. The predicted molar refractivity (Wildman–Crippen MR) is 153 cm³/mol. The van der Waals surface area contributed by atoms with Gasteiger partial charge in [0.05, 0.1) is 0 Å².